The molecule has 16 nitrogen and oxygen atoms in total. The molecule has 5 aromatic rings. The van der Waals surface area contributed by atoms with Gasteiger partial charge in [0.15, 0.2) is 41.2 Å². The van der Waals surface area contributed by atoms with Gasteiger partial charge in [-0.2, -0.15) is 0 Å². The standard InChI is InChI=1S/C43H48BF2N9O7S/c45-44(46)54-29(13-14-30(54)23-31-15-18-33(55(31)44)35-7-6-22-63-35)12-9-28-10-16-32(17-11-28)61-25-37(58)48-19-3-1-2-8-36(57)47-20-4-5-21-49-41-38-42(51-26-50-41)53(27-52-38)43-40(60)39(59)34(24-56)62-43/h6-7,9-18,22-23,26-27,34,39-40,43,56,59-60H,1-5,8,19-21,24-25H2,(H,47,57)(H,48,58)(H,49,50,51)/b12-9+. The number of fused-ring (bicyclic) bond motifs is 3. The van der Waals surface area contributed by atoms with Gasteiger partial charge in [0, 0.05) is 55.7 Å². The molecule has 1 saturated heterocycles. The van der Waals surface area contributed by atoms with Gasteiger partial charge in [0.1, 0.15) is 30.4 Å². The van der Waals surface area contributed by atoms with Gasteiger partial charge in [-0.15, -0.1) is 11.3 Å². The first-order valence-electron chi connectivity index (χ1n) is 20.9. The molecule has 6 N–H and O–H groups in total. The fourth-order valence-corrected chi connectivity index (χ4v) is 8.58. The van der Waals surface area contributed by atoms with Gasteiger partial charge in [0.05, 0.1) is 17.8 Å². The average Bonchev–Trinajstić information content (AvgIpc) is 4.14. The summed E-state index contributed by atoms with van der Waals surface area (Å²) in [5.41, 5.74) is 3.45. The number of anilines is 1. The number of halogens is 2. The summed E-state index contributed by atoms with van der Waals surface area (Å²) in [7, 11) is 0. The van der Waals surface area contributed by atoms with Gasteiger partial charge in [-0.1, -0.05) is 30.7 Å². The van der Waals surface area contributed by atoms with Crippen molar-refractivity contribution in [1.82, 2.24) is 34.6 Å². The van der Waals surface area contributed by atoms with Crippen molar-refractivity contribution < 1.29 is 47.5 Å². The Hall–Kier alpha value is -6.06. The number of allylic oxidation sites excluding steroid dienone is 2. The predicted molar refractivity (Wildman–Crippen MR) is 235 cm³/mol. The number of ether oxygens (including phenoxy) is 2. The highest BCUT2D eigenvalue weighted by Crippen LogP contribution is 2.35. The molecule has 0 bridgehead atoms. The van der Waals surface area contributed by atoms with Crippen molar-refractivity contribution in [1.29, 1.82) is 0 Å². The van der Waals surface area contributed by atoms with E-state index in [-0.39, 0.29) is 18.4 Å². The quantitative estimate of drug-likeness (QED) is 0.0484. The number of unbranched alkanes of at least 4 members (excludes halogenated alkanes) is 3. The summed E-state index contributed by atoms with van der Waals surface area (Å²) in [5.74, 6) is 0.719. The number of hydrogen-bond acceptors (Lipinski definition) is 12. The van der Waals surface area contributed by atoms with Gasteiger partial charge < -0.3 is 58.3 Å². The Morgan fingerprint density at radius 3 is 2.49 bits per heavy atom. The molecule has 1 fully saturated rings. The molecule has 0 aliphatic carbocycles. The van der Waals surface area contributed by atoms with Crippen molar-refractivity contribution in [2.24, 2.45) is 0 Å². The maximum absolute atomic E-state index is 16.1. The van der Waals surface area contributed by atoms with E-state index in [0.717, 1.165) is 45.1 Å². The molecule has 4 atom stereocenters. The largest absolute Gasteiger partial charge is 0.737 e. The number of rotatable bonds is 20. The molecule has 0 radical (unpaired) electrons. The minimum absolute atomic E-state index is 0.0287. The summed E-state index contributed by atoms with van der Waals surface area (Å²) in [5, 5.41) is 40.8. The van der Waals surface area contributed by atoms with Crippen molar-refractivity contribution in [3.05, 3.63) is 106 Å². The Balaban J connectivity index is 0.679. The van der Waals surface area contributed by atoms with E-state index in [2.05, 4.69) is 30.9 Å². The lowest BCUT2D eigenvalue weighted by Gasteiger charge is -2.30. The zero-order chi connectivity index (χ0) is 43.9. The molecular formula is C43H48BF2N9O7S. The SMILES string of the molecule is O=C(CCCCCNC(=O)COc1ccc(/C=C/c2ccc3n2[B-](F)(F)[N+]2=C(c4cccs4)C=CC2=C3)cc1)NCCCCNc1ncnc2c1ncn2C1OC(CO)C(O)C1O. The van der Waals surface area contributed by atoms with Crippen LogP contribution in [0.25, 0.3) is 29.4 Å². The monoisotopic (exact) mass is 883 g/mol. The minimum Gasteiger partial charge on any atom is -0.484 e. The summed E-state index contributed by atoms with van der Waals surface area (Å²) in [6, 6.07) is 14.1. The van der Waals surface area contributed by atoms with Gasteiger partial charge in [-0.25, -0.2) is 15.0 Å². The Morgan fingerprint density at radius 2 is 1.71 bits per heavy atom. The van der Waals surface area contributed by atoms with Crippen molar-refractivity contribution in [2.45, 2.75) is 63.1 Å². The molecule has 1 aromatic carbocycles. The maximum atomic E-state index is 16.1. The summed E-state index contributed by atoms with van der Waals surface area (Å²) >= 11 is 1.43. The van der Waals surface area contributed by atoms with Crippen LogP contribution < -0.4 is 20.7 Å². The number of aliphatic hydroxyl groups excluding tert-OH is 3. The van der Waals surface area contributed by atoms with E-state index < -0.39 is 38.1 Å². The number of benzene rings is 1. The second-order valence-corrected chi connectivity index (χ2v) is 16.3. The lowest BCUT2D eigenvalue weighted by atomic mass is 9.90. The summed E-state index contributed by atoms with van der Waals surface area (Å²) in [6.07, 6.45) is 11.2. The van der Waals surface area contributed by atoms with E-state index in [1.807, 2.05) is 17.5 Å². The zero-order valence-electron chi connectivity index (χ0n) is 34.2. The first-order chi connectivity index (χ1) is 30.6. The normalized spacial score (nSPS) is 20.0. The van der Waals surface area contributed by atoms with E-state index in [0.29, 0.717) is 78.0 Å². The molecule has 3 aliphatic rings. The first kappa shape index (κ1) is 43.6. The number of carbonyl (C=O) groups is 2. The number of imidazole rings is 1. The fourth-order valence-electron chi connectivity index (χ4n) is 7.84. The van der Waals surface area contributed by atoms with Crippen molar-refractivity contribution in [3.63, 3.8) is 0 Å². The molecule has 330 valence electrons. The molecule has 0 saturated carbocycles. The van der Waals surface area contributed by atoms with Crippen molar-refractivity contribution >= 4 is 71.0 Å². The third-order valence-electron chi connectivity index (χ3n) is 11.1. The second kappa shape index (κ2) is 19.6. The number of amides is 2. The maximum Gasteiger partial charge on any atom is 0.737 e. The van der Waals surface area contributed by atoms with Crippen LogP contribution in [0.5, 0.6) is 5.75 Å². The first-order valence-corrected chi connectivity index (χ1v) is 21.8. The van der Waals surface area contributed by atoms with Crippen molar-refractivity contribution in [3.8, 4) is 5.75 Å². The number of nitrogens with one attached hydrogen (secondary N) is 3. The van der Waals surface area contributed by atoms with E-state index in [9.17, 15) is 24.9 Å². The predicted octanol–water partition coefficient (Wildman–Crippen LogP) is 4.18. The second-order valence-electron chi connectivity index (χ2n) is 15.4. The van der Waals surface area contributed by atoms with Gasteiger partial charge in [0.2, 0.25) is 5.91 Å². The smallest absolute Gasteiger partial charge is 0.484 e. The van der Waals surface area contributed by atoms with Crippen LogP contribution in [-0.4, -0.2) is 119 Å². The number of thiophene rings is 1. The molecule has 8 rings (SSSR count). The van der Waals surface area contributed by atoms with Gasteiger partial charge in [-0.3, -0.25) is 14.2 Å². The van der Waals surface area contributed by atoms with Gasteiger partial charge in [-0.05, 0) is 73.0 Å². The zero-order valence-corrected chi connectivity index (χ0v) is 35.0. The van der Waals surface area contributed by atoms with E-state index in [1.54, 1.807) is 66.8 Å². The Kier molecular flexibility index (Phi) is 13.5. The number of hydrogen-bond donors (Lipinski definition) is 6. The highest BCUT2D eigenvalue weighted by atomic mass is 32.1. The minimum atomic E-state index is -4.13. The van der Waals surface area contributed by atoms with E-state index in [1.165, 1.54) is 28.6 Å². The van der Waals surface area contributed by atoms with Gasteiger partial charge in [0.25, 0.3) is 5.91 Å². The molecule has 4 unspecified atom stereocenters. The molecule has 7 heterocycles. The molecule has 4 aromatic heterocycles. The van der Waals surface area contributed by atoms with Crippen LogP contribution in [0.1, 0.15) is 66.6 Å². The van der Waals surface area contributed by atoms with Crippen LogP contribution >= 0.6 is 11.3 Å². The Morgan fingerprint density at radius 1 is 0.921 bits per heavy atom. The molecular weight excluding hydrogens is 835 g/mol. The highest BCUT2D eigenvalue weighted by Gasteiger charge is 2.52. The van der Waals surface area contributed by atoms with E-state index >= 15 is 8.63 Å². The Labute approximate surface area is 365 Å². The summed E-state index contributed by atoms with van der Waals surface area (Å²) in [6.45, 7) is -3.16. The van der Waals surface area contributed by atoms with Crippen LogP contribution in [0.3, 0.4) is 0 Å². The summed E-state index contributed by atoms with van der Waals surface area (Å²) < 4.78 is 47.2. The topological polar surface area (TPSA) is 201 Å². The third-order valence-corrected chi connectivity index (χ3v) is 12.0. The number of carbonyl (C=O) groups excluding carboxylic acids is 2. The molecule has 63 heavy (non-hydrogen) atoms. The molecule has 20 heteroatoms. The number of aromatic nitrogens is 5. The average molecular weight is 884 g/mol. The summed E-state index contributed by atoms with van der Waals surface area (Å²) in [4.78, 5) is 38.4. The van der Waals surface area contributed by atoms with Gasteiger partial charge >= 0.3 is 6.97 Å². The van der Waals surface area contributed by atoms with E-state index in [4.69, 9.17) is 9.47 Å². The van der Waals surface area contributed by atoms with Crippen LogP contribution in [-0.2, 0) is 14.3 Å². The lowest BCUT2D eigenvalue weighted by Crippen LogP contribution is -2.50. The third kappa shape index (κ3) is 9.64. The lowest BCUT2D eigenvalue weighted by molar-refractivity contribution is -0.360. The van der Waals surface area contributed by atoms with Crippen molar-refractivity contribution in [2.75, 3.05) is 38.2 Å². The molecule has 2 amide bonds. The Bertz CT molecular complexity index is 2540. The fraction of sp³-hybridized carbons (Fsp3) is 0.349. The number of nitrogens with zero attached hydrogens (tertiary/aromatic N) is 6. The van der Waals surface area contributed by atoms with Crippen LogP contribution in [0.2, 0.25) is 0 Å². The highest BCUT2D eigenvalue weighted by molar-refractivity contribution is 7.12. The number of aliphatic hydroxyl groups is 3. The van der Waals surface area contributed by atoms with Crippen LogP contribution in [0.4, 0.5) is 14.4 Å². The van der Waals surface area contributed by atoms with Crippen LogP contribution in [0.15, 0.2) is 84.4 Å². The molecule has 3 aliphatic heterocycles. The van der Waals surface area contributed by atoms with Crippen LogP contribution in [0, 0.1) is 0 Å². The molecule has 0 spiro atoms.